The lowest BCUT2D eigenvalue weighted by Crippen LogP contribution is -2.39. The van der Waals surface area contributed by atoms with Gasteiger partial charge in [-0.05, 0) is 36.1 Å². The van der Waals surface area contributed by atoms with Gasteiger partial charge in [-0.15, -0.1) is 0 Å². The lowest BCUT2D eigenvalue weighted by molar-refractivity contribution is 0.0985. The van der Waals surface area contributed by atoms with Crippen molar-refractivity contribution in [2.24, 2.45) is 5.84 Å². The highest BCUT2D eigenvalue weighted by molar-refractivity contribution is 6.06. The number of nitrogens with two attached hydrogens (primary N) is 1. The van der Waals surface area contributed by atoms with Crippen LogP contribution in [0.1, 0.15) is 21.5 Å². The zero-order valence-corrected chi connectivity index (χ0v) is 9.97. The van der Waals surface area contributed by atoms with Crippen LogP contribution in [0.5, 0.6) is 0 Å². The van der Waals surface area contributed by atoms with Crippen molar-refractivity contribution in [1.82, 2.24) is 0 Å². The first kappa shape index (κ1) is 11.0. The SMILES string of the molecule is NN1C(=O)c2ccccc2CCc2ccccc21. The van der Waals surface area contributed by atoms with E-state index in [-0.39, 0.29) is 5.91 Å². The number of rotatable bonds is 0. The van der Waals surface area contributed by atoms with Gasteiger partial charge in [-0.2, -0.15) is 0 Å². The van der Waals surface area contributed by atoms with Crippen LogP contribution < -0.4 is 10.9 Å². The van der Waals surface area contributed by atoms with E-state index in [0.29, 0.717) is 5.56 Å². The summed E-state index contributed by atoms with van der Waals surface area (Å²) in [6.45, 7) is 0. The minimum absolute atomic E-state index is 0.141. The first-order valence-electron chi connectivity index (χ1n) is 6.02. The number of nitrogens with zero attached hydrogens (tertiary/aromatic N) is 1. The van der Waals surface area contributed by atoms with Crippen molar-refractivity contribution in [3.63, 3.8) is 0 Å². The van der Waals surface area contributed by atoms with Crippen LogP contribution in [0.2, 0.25) is 0 Å². The maximum absolute atomic E-state index is 12.4. The Hall–Kier alpha value is -2.13. The number of benzene rings is 2. The van der Waals surface area contributed by atoms with Crippen LogP contribution in [-0.4, -0.2) is 5.91 Å². The molecule has 3 heteroatoms. The molecule has 0 atom stereocenters. The normalized spacial score (nSPS) is 14.5. The van der Waals surface area contributed by atoms with E-state index in [1.54, 1.807) is 0 Å². The van der Waals surface area contributed by atoms with E-state index < -0.39 is 0 Å². The number of anilines is 1. The van der Waals surface area contributed by atoms with Crippen molar-refractivity contribution in [3.05, 3.63) is 65.2 Å². The second kappa shape index (κ2) is 4.27. The third kappa shape index (κ3) is 1.69. The molecule has 0 radical (unpaired) electrons. The van der Waals surface area contributed by atoms with Crippen LogP contribution in [0.15, 0.2) is 48.5 Å². The summed E-state index contributed by atoms with van der Waals surface area (Å²) in [5.41, 5.74) is 3.68. The number of amides is 1. The standard InChI is InChI=1S/C15H14N2O/c16-17-14-8-4-2-6-12(14)10-9-11-5-1-3-7-13(11)15(17)18/h1-8H,9-10,16H2. The average Bonchev–Trinajstić information content (AvgIpc) is 2.43. The highest BCUT2D eigenvalue weighted by Gasteiger charge is 2.22. The molecule has 0 saturated heterocycles. The zero-order valence-electron chi connectivity index (χ0n) is 9.97. The number of carbonyl (C=O) groups is 1. The van der Waals surface area contributed by atoms with E-state index in [9.17, 15) is 4.79 Å². The summed E-state index contributed by atoms with van der Waals surface area (Å²) in [7, 11) is 0. The third-order valence-corrected chi connectivity index (χ3v) is 3.38. The summed E-state index contributed by atoms with van der Waals surface area (Å²) in [5.74, 6) is 5.82. The quantitative estimate of drug-likeness (QED) is 0.565. The molecule has 0 fully saturated rings. The fourth-order valence-corrected chi connectivity index (χ4v) is 2.41. The molecule has 0 saturated carbocycles. The molecule has 2 N–H and O–H groups in total. The maximum Gasteiger partial charge on any atom is 0.272 e. The van der Waals surface area contributed by atoms with Crippen LogP contribution in [-0.2, 0) is 12.8 Å². The van der Waals surface area contributed by atoms with Crippen molar-refractivity contribution in [2.75, 3.05) is 5.01 Å². The van der Waals surface area contributed by atoms with Gasteiger partial charge >= 0.3 is 0 Å². The van der Waals surface area contributed by atoms with Crippen LogP contribution in [0.25, 0.3) is 0 Å². The van der Waals surface area contributed by atoms with Gasteiger partial charge < -0.3 is 0 Å². The van der Waals surface area contributed by atoms with Gasteiger partial charge in [0.05, 0.1) is 5.69 Å². The molecule has 1 heterocycles. The van der Waals surface area contributed by atoms with Crippen LogP contribution in [0.4, 0.5) is 5.69 Å². The monoisotopic (exact) mass is 238 g/mol. The Balaban J connectivity index is 2.13. The van der Waals surface area contributed by atoms with E-state index in [2.05, 4.69) is 0 Å². The third-order valence-electron chi connectivity index (χ3n) is 3.38. The Morgan fingerprint density at radius 1 is 0.889 bits per heavy atom. The number of hydrazine groups is 1. The molecule has 0 bridgehead atoms. The molecule has 90 valence electrons. The highest BCUT2D eigenvalue weighted by Crippen LogP contribution is 2.25. The molecule has 2 aromatic rings. The maximum atomic E-state index is 12.4. The van der Waals surface area contributed by atoms with E-state index in [1.165, 1.54) is 5.01 Å². The van der Waals surface area contributed by atoms with Crippen LogP contribution in [0, 0.1) is 0 Å². The number of aryl methyl sites for hydroxylation is 2. The van der Waals surface area contributed by atoms with Crippen molar-refractivity contribution in [3.8, 4) is 0 Å². The minimum Gasteiger partial charge on any atom is -0.267 e. The molecule has 0 aliphatic carbocycles. The molecule has 1 amide bonds. The van der Waals surface area contributed by atoms with Gasteiger partial charge in [0, 0.05) is 5.56 Å². The molecule has 3 nitrogen and oxygen atoms in total. The number of fused-ring (bicyclic) bond motifs is 2. The predicted octanol–water partition coefficient (Wildman–Crippen LogP) is 2.31. The molecule has 0 unspecified atom stereocenters. The fraction of sp³-hybridized carbons (Fsp3) is 0.133. The second-order valence-electron chi connectivity index (χ2n) is 4.46. The molecule has 1 aliphatic heterocycles. The highest BCUT2D eigenvalue weighted by atomic mass is 16.2. The van der Waals surface area contributed by atoms with Gasteiger partial charge in [-0.25, -0.2) is 10.9 Å². The molecule has 0 spiro atoms. The van der Waals surface area contributed by atoms with Gasteiger partial charge in [-0.1, -0.05) is 36.4 Å². The summed E-state index contributed by atoms with van der Waals surface area (Å²) < 4.78 is 0. The van der Waals surface area contributed by atoms with Gasteiger partial charge in [0.25, 0.3) is 5.91 Å². The summed E-state index contributed by atoms with van der Waals surface area (Å²) in [4.78, 5) is 12.4. The minimum atomic E-state index is -0.141. The Kier molecular flexibility index (Phi) is 2.61. The molecular formula is C15H14N2O. The lowest BCUT2D eigenvalue weighted by atomic mass is 9.96. The molecule has 2 aromatic carbocycles. The topological polar surface area (TPSA) is 46.3 Å². The predicted molar refractivity (Wildman–Crippen MR) is 71.3 cm³/mol. The Labute approximate surface area is 106 Å². The van der Waals surface area contributed by atoms with Gasteiger partial charge in [-0.3, -0.25) is 4.79 Å². The fourth-order valence-electron chi connectivity index (χ4n) is 2.41. The molecular weight excluding hydrogens is 224 g/mol. The Bertz CT molecular complexity index is 607. The van der Waals surface area contributed by atoms with Gasteiger partial charge in [0.15, 0.2) is 0 Å². The number of hydrogen-bond donors (Lipinski definition) is 1. The number of hydrogen-bond acceptors (Lipinski definition) is 2. The van der Waals surface area contributed by atoms with Gasteiger partial charge in [0.2, 0.25) is 0 Å². The first-order valence-corrected chi connectivity index (χ1v) is 6.02. The van der Waals surface area contributed by atoms with Crippen molar-refractivity contribution in [1.29, 1.82) is 0 Å². The van der Waals surface area contributed by atoms with E-state index in [0.717, 1.165) is 29.7 Å². The average molecular weight is 238 g/mol. The summed E-state index contributed by atoms with van der Waals surface area (Å²) >= 11 is 0. The summed E-state index contributed by atoms with van der Waals surface area (Å²) in [6, 6.07) is 15.5. The summed E-state index contributed by atoms with van der Waals surface area (Å²) in [5, 5.41) is 1.26. The number of carbonyl (C=O) groups excluding carboxylic acids is 1. The lowest BCUT2D eigenvalue weighted by Gasteiger charge is -2.24. The molecule has 1 aliphatic rings. The van der Waals surface area contributed by atoms with Crippen molar-refractivity contribution >= 4 is 11.6 Å². The van der Waals surface area contributed by atoms with Gasteiger partial charge in [0.1, 0.15) is 0 Å². The van der Waals surface area contributed by atoms with Crippen molar-refractivity contribution < 1.29 is 4.79 Å². The van der Waals surface area contributed by atoms with Crippen LogP contribution in [0.3, 0.4) is 0 Å². The zero-order chi connectivity index (χ0) is 12.5. The molecule has 18 heavy (non-hydrogen) atoms. The van der Waals surface area contributed by atoms with E-state index in [1.807, 2.05) is 48.5 Å². The first-order chi connectivity index (χ1) is 8.77. The van der Waals surface area contributed by atoms with Crippen molar-refractivity contribution in [2.45, 2.75) is 12.8 Å². The Morgan fingerprint density at radius 2 is 1.50 bits per heavy atom. The number of para-hydroxylation sites is 1. The summed E-state index contributed by atoms with van der Waals surface area (Å²) in [6.07, 6.45) is 1.76. The largest absolute Gasteiger partial charge is 0.272 e. The second-order valence-corrected chi connectivity index (χ2v) is 4.46. The van der Waals surface area contributed by atoms with E-state index in [4.69, 9.17) is 5.84 Å². The smallest absolute Gasteiger partial charge is 0.267 e. The Morgan fingerprint density at radius 3 is 2.33 bits per heavy atom. The molecule has 3 rings (SSSR count). The molecule has 0 aromatic heterocycles. The van der Waals surface area contributed by atoms with Crippen LogP contribution >= 0.6 is 0 Å². The van der Waals surface area contributed by atoms with E-state index >= 15 is 0 Å².